The summed E-state index contributed by atoms with van der Waals surface area (Å²) in [5.74, 6) is -0.393. The summed E-state index contributed by atoms with van der Waals surface area (Å²) in [6.07, 6.45) is 3.06. The van der Waals surface area contributed by atoms with Gasteiger partial charge in [-0.3, -0.25) is 9.20 Å². The zero-order chi connectivity index (χ0) is 23.7. The molecule has 0 bridgehead atoms. The summed E-state index contributed by atoms with van der Waals surface area (Å²) in [7, 11) is 0. The number of anilines is 1. The molecule has 32 heavy (non-hydrogen) atoms. The van der Waals surface area contributed by atoms with Gasteiger partial charge in [0.2, 0.25) is 0 Å². The van der Waals surface area contributed by atoms with Gasteiger partial charge in [0.1, 0.15) is 28.5 Å². The van der Waals surface area contributed by atoms with Crippen molar-refractivity contribution in [2.75, 3.05) is 12.3 Å². The third-order valence-corrected chi connectivity index (χ3v) is 5.37. The Morgan fingerprint density at radius 3 is 2.62 bits per heavy atom. The van der Waals surface area contributed by atoms with Gasteiger partial charge in [-0.25, -0.2) is 14.4 Å². The maximum Gasteiger partial charge on any atom is 0.258 e. The largest absolute Gasteiger partial charge is 0.490 e. The maximum atomic E-state index is 15.1. The predicted octanol–water partition coefficient (Wildman–Crippen LogP) is 4.74. The van der Waals surface area contributed by atoms with Crippen LogP contribution in [0.1, 0.15) is 68.0 Å². The van der Waals surface area contributed by atoms with Crippen LogP contribution in [-0.2, 0) is 0 Å². The standard InChI is InChI=1S/C23H29ClFN5O2/c1-11(2)10-28-23(31)17-18(25)16(24)9-15(20(17)32-12(3)4)13(5)22-29-14(6)19-21(26)27-7-8-30(19)22/h7-9,11-13H,10H2,1-6H3,(H2,26,27)(H,28,31)/t13-/m0/s1. The molecule has 0 aliphatic heterocycles. The highest BCUT2D eigenvalue weighted by molar-refractivity contribution is 6.31. The second-order valence-corrected chi connectivity index (χ2v) is 8.95. The van der Waals surface area contributed by atoms with Crippen LogP contribution < -0.4 is 15.8 Å². The molecule has 1 amide bonds. The van der Waals surface area contributed by atoms with E-state index in [4.69, 9.17) is 22.1 Å². The fraction of sp³-hybridized carbons (Fsp3) is 0.435. The fourth-order valence-corrected chi connectivity index (χ4v) is 3.83. The van der Waals surface area contributed by atoms with Gasteiger partial charge in [0.15, 0.2) is 5.82 Å². The maximum absolute atomic E-state index is 15.1. The molecule has 3 aromatic rings. The van der Waals surface area contributed by atoms with Gasteiger partial charge in [-0.05, 0) is 32.8 Å². The molecule has 0 fully saturated rings. The molecular formula is C23H29ClFN5O2. The van der Waals surface area contributed by atoms with Gasteiger partial charge in [0.25, 0.3) is 5.91 Å². The summed E-state index contributed by atoms with van der Waals surface area (Å²) in [5, 5.41) is 2.61. The van der Waals surface area contributed by atoms with Crippen molar-refractivity contribution in [3.63, 3.8) is 0 Å². The van der Waals surface area contributed by atoms with Crippen molar-refractivity contribution >= 4 is 28.8 Å². The monoisotopic (exact) mass is 461 g/mol. The summed E-state index contributed by atoms with van der Waals surface area (Å²) in [5.41, 5.74) is 7.82. The summed E-state index contributed by atoms with van der Waals surface area (Å²) < 4.78 is 23.0. The Kier molecular flexibility index (Phi) is 6.93. The van der Waals surface area contributed by atoms with Crippen LogP contribution in [0.15, 0.2) is 18.5 Å². The molecule has 0 aliphatic carbocycles. The highest BCUT2D eigenvalue weighted by Crippen LogP contribution is 2.39. The molecule has 0 saturated carbocycles. The number of halogens is 2. The Balaban J connectivity index is 2.22. The average molecular weight is 462 g/mol. The van der Waals surface area contributed by atoms with E-state index in [1.54, 1.807) is 12.4 Å². The van der Waals surface area contributed by atoms with Crippen molar-refractivity contribution in [2.45, 2.75) is 53.6 Å². The molecule has 2 heterocycles. The molecule has 0 unspecified atom stereocenters. The van der Waals surface area contributed by atoms with Crippen molar-refractivity contribution in [3.8, 4) is 5.75 Å². The van der Waals surface area contributed by atoms with E-state index in [-0.39, 0.29) is 34.3 Å². The van der Waals surface area contributed by atoms with E-state index in [0.29, 0.717) is 35.0 Å². The minimum atomic E-state index is -0.808. The number of hydrogen-bond acceptors (Lipinski definition) is 5. The lowest BCUT2D eigenvalue weighted by Crippen LogP contribution is -2.29. The van der Waals surface area contributed by atoms with Crippen molar-refractivity contribution < 1.29 is 13.9 Å². The second-order valence-electron chi connectivity index (χ2n) is 8.54. The molecule has 0 saturated heterocycles. The smallest absolute Gasteiger partial charge is 0.258 e. The molecule has 0 aliphatic rings. The van der Waals surface area contributed by atoms with Crippen LogP contribution in [0.4, 0.5) is 10.2 Å². The third kappa shape index (κ3) is 4.50. The number of rotatable bonds is 7. The van der Waals surface area contributed by atoms with Crippen LogP contribution in [-0.4, -0.2) is 32.9 Å². The molecule has 7 nitrogen and oxygen atoms in total. The highest BCUT2D eigenvalue weighted by Gasteiger charge is 2.30. The first-order chi connectivity index (χ1) is 15.0. The van der Waals surface area contributed by atoms with E-state index in [0.717, 1.165) is 0 Å². The SMILES string of the molecule is Cc1nc([C@@H](C)c2cc(Cl)c(F)c(C(=O)NCC(C)C)c2OC(C)C)n2ccnc(N)c12. The van der Waals surface area contributed by atoms with Gasteiger partial charge in [-0.2, -0.15) is 0 Å². The number of aromatic nitrogens is 3. The summed E-state index contributed by atoms with van der Waals surface area (Å²) in [4.78, 5) is 21.8. The Morgan fingerprint density at radius 1 is 1.31 bits per heavy atom. The Morgan fingerprint density at radius 2 is 2.00 bits per heavy atom. The topological polar surface area (TPSA) is 94.5 Å². The first-order valence-corrected chi connectivity index (χ1v) is 11.0. The zero-order valence-electron chi connectivity index (χ0n) is 19.2. The second kappa shape index (κ2) is 9.32. The van der Waals surface area contributed by atoms with Crippen LogP contribution in [0.25, 0.3) is 5.52 Å². The molecule has 9 heteroatoms. The minimum absolute atomic E-state index is 0.156. The number of hydrogen-bond donors (Lipinski definition) is 2. The lowest BCUT2D eigenvalue weighted by molar-refractivity contribution is 0.0938. The molecule has 3 rings (SSSR count). The van der Waals surface area contributed by atoms with E-state index < -0.39 is 11.7 Å². The fourth-order valence-electron chi connectivity index (χ4n) is 3.61. The van der Waals surface area contributed by atoms with Gasteiger partial charge in [0, 0.05) is 30.4 Å². The number of amides is 1. The van der Waals surface area contributed by atoms with Crippen molar-refractivity contribution in [1.29, 1.82) is 0 Å². The molecular weight excluding hydrogens is 433 g/mol. The molecule has 172 valence electrons. The number of nitrogens with zero attached hydrogens (tertiary/aromatic N) is 3. The van der Waals surface area contributed by atoms with Crippen molar-refractivity contribution in [2.24, 2.45) is 5.92 Å². The lowest BCUT2D eigenvalue weighted by Gasteiger charge is -2.22. The van der Waals surface area contributed by atoms with Gasteiger partial charge < -0.3 is 15.8 Å². The molecule has 1 atom stereocenters. The van der Waals surface area contributed by atoms with E-state index >= 15 is 4.39 Å². The van der Waals surface area contributed by atoms with Crippen LogP contribution in [0.5, 0.6) is 5.75 Å². The van der Waals surface area contributed by atoms with Crippen LogP contribution in [0.2, 0.25) is 5.02 Å². The molecule has 2 aromatic heterocycles. The number of imidazole rings is 1. The minimum Gasteiger partial charge on any atom is -0.490 e. The van der Waals surface area contributed by atoms with Crippen molar-refractivity contribution in [1.82, 2.24) is 19.7 Å². The number of benzene rings is 1. The van der Waals surface area contributed by atoms with Gasteiger partial charge in [-0.15, -0.1) is 0 Å². The van der Waals surface area contributed by atoms with Crippen LogP contribution in [0, 0.1) is 18.7 Å². The number of nitrogens with one attached hydrogen (secondary N) is 1. The Bertz CT molecular complexity index is 1160. The number of fused-ring (bicyclic) bond motifs is 1. The first kappa shape index (κ1) is 23.8. The normalized spacial score (nSPS) is 12.6. The number of carbonyl (C=O) groups excluding carboxylic acids is 1. The summed E-state index contributed by atoms with van der Waals surface area (Å²) in [6.45, 7) is 11.7. The lowest BCUT2D eigenvalue weighted by atomic mass is 9.95. The number of nitrogens with two attached hydrogens (primary N) is 1. The number of ether oxygens (including phenoxy) is 1. The van der Waals surface area contributed by atoms with E-state index in [1.807, 2.05) is 45.9 Å². The quantitative estimate of drug-likeness (QED) is 0.530. The van der Waals surface area contributed by atoms with Gasteiger partial charge in [0.05, 0.1) is 16.8 Å². The number of aryl methyl sites for hydroxylation is 1. The van der Waals surface area contributed by atoms with E-state index in [9.17, 15) is 4.79 Å². The van der Waals surface area contributed by atoms with Gasteiger partial charge in [-0.1, -0.05) is 32.4 Å². The highest BCUT2D eigenvalue weighted by atomic mass is 35.5. The van der Waals surface area contributed by atoms with Crippen molar-refractivity contribution in [3.05, 3.63) is 51.9 Å². The zero-order valence-corrected chi connectivity index (χ0v) is 19.9. The van der Waals surface area contributed by atoms with Crippen LogP contribution in [0.3, 0.4) is 0 Å². The molecule has 0 radical (unpaired) electrons. The summed E-state index contributed by atoms with van der Waals surface area (Å²) >= 11 is 6.25. The predicted molar refractivity (Wildman–Crippen MR) is 124 cm³/mol. The third-order valence-electron chi connectivity index (χ3n) is 5.09. The first-order valence-electron chi connectivity index (χ1n) is 10.6. The summed E-state index contributed by atoms with van der Waals surface area (Å²) in [6, 6.07) is 1.50. The van der Waals surface area contributed by atoms with E-state index in [1.165, 1.54) is 6.07 Å². The Hall–Kier alpha value is -2.87. The average Bonchev–Trinajstić information content (AvgIpc) is 3.06. The molecule has 3 N–H and O–H groups in total. The molecule has 1 aromatic carbocycles. The van der Waals surface area contributed by atoms with Gasteiger partial charge >= 0.3 is 0 Å². The Labute approximate surface area is 192 Å². The van der Waals surface area contributed by atoms with E-state index in [2.05, 4.69) is 15.3 Å². The van der Waals surface area contributed by atoms with Crippen LogP contribution >= 0.6 is 11.6 Å². The number of nitrogen functional groups attached to an aromatic ring is 1. The molecule has 0 spiro atoms. The number of carbonyl (C=O) groups is 1.